The third kappa shape index (κ3) is 4.75. The molecular formula is C16H12F2N2OS. The van der Waals surface area contributed by atoms with Crippen LogP contribution in [0.5, 0.6) is 0 Å². The minimum Gasteiger partial charge on any atom is -0.330 e. The molecule has 3 nitrogen and oxygen atoms in total. The third-order valence-corrected chi connectivity index (χ3v) is 2.86. The summed E-state index contributed by atoms with van der Waals surface area (Å²) in [5.41, 5.74) is 0.847. The molecule has 0 fully saturated rings. The van der Waals surface area contributed by atoms with E-state index in [-0.39, 0.29) is 16.6 Å². The summed E-state index contributed by atoms with van der Waals surface area (Å²) in [6.45, 7) is 0. The van der Waals surface area contributed by atoms with Crippen LogP contribution in [0.3, 0.4) is 0 Å². The number of halogens is 2. The van der Waals surface area contributed by atoms with Crippen molar-refractivity contribution in [2.45, 2.75) is 0 Å². The third-order valence-electron chi connectivity index (χ3n) is 2.66. The zero-order valence-electron chi connectivity index (χ0n) is 11.3. The van der Waals surface area contributed by atoms with Crippen LogP contribution in [0.2, 0.25) is 0 Å². The fourth-order valence-electron chi connectivity index (χ4n) is 1.62. The summed E-state index contributed by atoms with van der Waals surface area (Å²) in [6.07, 6.45) is 2.77. The average molecular weight is 318 g/mol. The maximum Gasteiger partial charge on any atom is 0.250 e. The molecule has 6 heteroatoms. The molecule has 2 aromatic carbocycles. The smallest absolute Gasteiger partial charge is 0.250 e. The van der Waals surface area contributed by atoms with Gasteiger partial charge >= 0.3 is 0 Å². The largest absolute Gasteiger partial charge is 0.330 e. The number of anilines is 1. The van der Waals surface area contributed by atoms with Crippen LogP contribution in [0.4, 0.5) is 14.5 Å². The van der Waals surface area contributed by atoms with E-state index >= 15 is 0 Å². The van der Waals surface area contributed by atoms with Gasteiger partial charge in [-0.05, 0) is 48.1 Å². The van der Waals surface area contributed by atoms with Crippen molar-refractivity contribution in [3.63, 3.8) is 0 Å². The van der Waals surface area contributed by atoms with E-state index in [1.54, 1.807) is 12.1 Å². The fourth-order valence-corrected chi connectivity index (χ4v) is 1.83. The Hall–Kier alpha value is -2.60. The van der Waals surface area contributed by atoms with Crippen molar-refractivity contribution in [2.24, 2.45) is 0 Å². The SMILES string of the molecule is O=C(C=Cc1ccc(F)cc1)NC(=S)Nc1ccccc1F. The zero-order valence-corrected chi connectivity index (χ0v) is 12.2. The molecule has 0 unspecified atom stereocenters. The van der Waals surface area contributed by atoms with Gasteiger partial charge in [-0.25, -0.2) is 8.78 Å². The van der Waals surface area contributed by atoms with Gasteiger partial charge in [0, 0.05) is 6.08 Å². The number of para-hydroxylation sites is 1. The Balaban J connectivity index is 1.90. The molecular weight excluding hydrogens is 306 g/mol. The normalized spacial score (nSPS) is 10.5. The van der Waals surface area contributed by atoms with E-state index < -0.39 is 11.7 Å². The average Bonchev–Trinajstić information content (AvgIpc) is 2.49. The Morgan fingerprint density at radius 2 is 1.73 bits per heavy atom. The number of hydrogen-bond donors (Lipinski definition) is 2. The molecule has 0 bridgehead atoms. The number of nitrogens with one attached hydrogen (secondary N) is 2. The first-order valence-electron chi connectivity index (χ1n) is 6.35. The van der Waals surface area contributed by atoms with Gasteiger partial charge in [-0.2, -0.15) is 0 Å². The van der Waals surface area contributed by atoms with Gasteiger partial charge in [0.1, 0.15) is 11.6 Å². The quantitative estimate of drug-likeness (QED) is 0.672. The molecule has 0 aliphatic heterocycles. The number of carbonyl (C=O) groups is 1. The lowest BCUT2D eigenvalue weighted by Gasteiger charge is -2.08. The molecule has 22 heavy (non-hydrogen) atoms. The fraction of sp³-hybridized carbons (Fsp3) is 0. The van der Waals surface area contributed by atoms with E-state index in [0.717, 1.165) is 0 Å². The minimum atomic E-state index is -0.474. The predicted octanol–water partition coefficient (Wildman–Crippen LogP) is 3.49. The topological polar surface area (TPSA) is 41.1 Å². The van der Waals surface area contributed by atoms with Crippen LogP contribution in [-0.4, -0.2) is 11.0 Å². The second kappa shape index (κ2) is 7.42. The highest BCUT2D eigenvalue weighted by atomic mass is 32.1. The Kier molecular flexibility index (Phi) is 5.32. The lowest BCUT2D eigenvalue weighted by atomic mass is 10.2. The van der Waals surface area contributed by atoms with Gasteiger partial charge in [-0.1, -0.05) is 24.3 Å². The first kappa shape index (κ1) is 15.8. The molecule has 0 aliphatic rings. The van der Waals surface area contributed by atoms with Crippen LogP contribution >= 0.6 is 12.2 Å². The lowest BCUT2D eigenvalue weighted by Crippen LogP contribution is -2.33. The molecule has 0 aromatic heterocycles. The minimum absolute atomic E-state index is 0.0149. The summed E-state index contributed by atoms with van der Waals surface area (Å²) in [6, 6.07) is 11.6. The van der Waals surface area contributed by atoms with Crippen molar-refractivity contribution in [1.29, 1.82) is 0 Å². The van der Waals surface area contributed by atoms with E-state index in [9.17, 15) is 13.6 Å². The highest BCUT2D eigenvalue weighted by Gasteiger charge is 2.04. The molecule has 0 aliphatic carbocycles. The predicted molar refractivity (Wildman–Crippen MR) is 86.2 cm³/mol. The van der Waals surface area contributed by atoms with Crippen molar-refractivity contribution < 1.29 is 13.6 Å². The second-order valence-electron chi connectivity index (χ2n) is 4.31. The number of thiocarbonyl (C=S) groups is 1. The van der Waals surface area contributed by atoms with Gasteiger partial charge in [0.05, 0.1) is 5.69 Å². The molecule has 0 spiro atoms. The van der Waals surface area contributed by atoms with Gasteiger partial charge in [0.25, 0.3) is 0 Å². The number of carbonyl (C=O) groups excluding carboxylic acids is 1. The van der Waals surface area contributed by atoms with E-state index in [2.05, 4.69) is 10.6 Å². The summed E-state index contributed by atoms with van der Waals surface area (Å²) in [5.74, 6) is -1.30. The van der Waals surface area contributed by atoms with Gasteiger partial charge in [-0.3, -0.25) is 10.1 Å². The summed E-state index contributed by atoms with van der Waals surface area (Å²) < 4.78 is 26.1. The molecule has 2 N–H and O–H groups in total. The van der Waals surface area contributed by atoms with Crippen molar-refractivity contribution in [3.8, 4) is 0 Å². The summed E-state index contributed by atoms with van der Waals surface area (Å²) in [4.78, 5) is 11.7. The summed E-state index contributed by atoms with van der Waals surface area (Å²) >= 11 is 4.93. The van der Waals surface area contributed by atoms with Crippen LogP contribution in [0.1, 0.15) is 5.56 Å². The number of amides is 1. The Morgan fingerprint density at radius 3 is 2.41 bits per heavy atom. The van der Waals surface area contributed by atoms with Gasteiger partial charge in [-0.15, -0.1) is 0 Å². The van der Waals surface area contributed by atoms with E-state index in [1.807, 2.05) is 0 Å². The molecule has 2 aromatic rings. The monoisotopic (exact) mass is 318 g/mol. The first-order valence-corrected chi connectivity index (χ1v) is 6.75. The molecule has 0 saturated heterocycles. The van der Waals surface area contributed by atoms with E-state index in [0.29, 0.717) is 5.56 Å². The van der Waals surface area contributed by atoms with E-state index in [4.69, 9.17) is 12.2 Å². The first-order chi connectivity index (χ1) is 10.5. The molecule has 112 valence electrons. The van der Waals surface area contributed by atoms with Crippen LogP contribution in [0, 0.1) is 11.6 Å². The second-order valence-corrected chi connectivity index (χ2v) is 4.72. The Bertz CT molecular complexity index is 714. The van der Waals surface area contributed by atoms with Crippen LogP contribution in [0.25, 0.3) is 6.08 Å². The highest BCUT2D eigenvalue weighted by molar-refractivity contribution is 7.80. The zero-order chi connectivity index (χ0) is 15.9. The molecule has 1 amide bonds. The van der Waals surface area contributed by atoms with Gasteiger partial charge in [0.2, 0.25) is 5.91 Å². The Morgan fingerprint density at radius 1 is 1.05 bits per heavy atom. The highest BCUT2D eigenvalue weighted by Crippen LogP contribution is 2.11. The molecule has 0 heterocycles. The molecule has 0 radical (unpaired) electrons. The molecule has 0 saturated carbocycles. The number of benzene rings is 2. The summed E-state index contributed by atoms with van der Waals surface area (Å²) in [5, 5.41) is 4.96. The number of rotatable bonds is 3. The molecule has 2 rings (SSSR count). The standard InChI is InChI=1S/C16H12F2N2OS/c17-12-8-5-11(6-9-12)7-10-15(21)20-16(22)19-14-4-2-1-3-13(14)18/h1-10H,(H2,19,20,21,22). The van der Waals surface area contributed by atoms with Crippen LogP contribution in [-0.2, 0) is 4.79 Å². The number of hydrogen-bond acceptors (Lipinski definition) is 2. The van der Waals surface area contributed by atoms with Gasteiger partial charge < -0.3 is 5.32 Å². The maximum absolute atomic E-state index is 13.4. The van der Waals surface area contributed by atoms with Crippen LogP contribution in [0.15, 0.2) is 54.6 Å². The maximum atomic E-state index is 13.4. The van der Waals surface area contributed by atoms with Crippen molar-refractivity contribution in [2.75, 3.05) is 5.32 Å². The van der Waals surface area contributed by atoms with Crippen molar-refractivity contribution >= 4 is 35.0 Å². The van der Waals surface area contributed by atoms with E-state index in [1.165, 1.54) is 48.6 Å². The van der Waals surface area contributed by atoms with Crippen molar-refractivity contribution in [1.82, 2.24) is 5.32 Å². The lowest BCUT2D eigenvalue weighted by molar-refractivity contribution is -0.115. The molecule has 0 atom stereocenters. The Labute approximate surface area is 131 Å². The van der Waals surface area contributed by atoms with Crippen molar-refractivity contribution in [3.05, 3.63) is 71.8 Å². The van der Waals surface area contributed by atoms with Gasteiger partial charge in [0.15, 0.2) is 5.11 Å². The van der Waals surface area contributed by atoms with Crippen LogP contribution < -0.4 is 10.6 Å². The summed E-state index contributed by atoms with van der Waals surface area (Å²) in [7, 11) is 0.